The Kier molecular flexibility index (Phi) is 6.08. The van der Waals surface area contributed by atoms with Crippen molar-refractivity contribution in [3.63, 3.8) is 0 Å². The van der Waals surface area contributed by atoms with E-state index in [1.54, 1.807) is 25.3 Å². The van der Waals surface area contributed by atoms with Gasteiger partial charge >= 0.3 is 0 Å². The SMILES string of the molecule is COCCOC(=NC[C@@H]1CCCO1)NC(=O)c1ccc2c(c1)OCO2. The van der Waals surface area contributed by atoms with Crippen molar-refractivity contribution in [2.45, 2.75) is 18.9 Å². The lowest BCUT2D eigenvalue weighted by Crippen LogP contribution is -2.34. The molecule has 0 saturated carbocycles. The molecular formula is C17H22N2O6. The molecule has 8 nitrogen and oxygen atoms in total. The highest BCUT2D eigenvalue weighted by Gasteiger charge is 2.19. The number of carbonyl (C=O) groups is 1. The summed E-state index contributed by atoms with van der Waals surface area (Å²) < 4.78 is 26.5. The zero-order chi connectivity index (χ0) is 17.5. The summed E-state index contributed by atoms with van der Waals surface area (Å²) in [6.45, 7) is 2.06. The summed E-state index contributed by atoms with van der Waals surface area (Å²) in [5.74, 6) is 0.841. The number of hydrogen-bond donors (Lipinski definition) is 1. The fourth-order valence-electron chi connectivity index (χ4n) is 2.52. The number of aliphatic imine (C=N–C) groups is 1. The number of nitrogens with one attached hydrogen (secondary N) is 1. The molecule has 2 aliphatic heterocycles. The molecule has 0 spiro atoms. The molecule has 2 heterocycles. The monoisotopic (exact) mass is 350 g/mol. The number of methoxy groups -OCH3 is 1. The van der Waals surface area contributed by atoms with Crippen molar-refractivity contribution in [2.24, 2.45) is 4.99 Å². The van der Waals surface area contributed by atoms with Crippen LogP contribution in [0.1, 0.15) is 23.2 Å². The smallest absolute Gasteiger partial charge is 0.291 e. The van der Waals surface area contributed by atoms with Gasteiger partial charge < -0.3 is 23.7 Å². The maximum atomic E-state index is 12.5. The number of ether oxygens (including phenoxy) is 5. The van der Waals surface area contributed by atoms with E-state index in [4.69, 9.17) is 23.7 Å². The van der Waals surface area contributed by atoms with Crippen LogP contribution < -0.4 is 14.8 Å². The molecule has 1 atom stereocenters. The quantitative estimate of drug-likeness (QED) is 0.473. The minimum Gasteiger partial charge on any atom is -0.463 e. The Morgan fingerprint density at radius 3 is 3.00 bits per heavy atom. The van der Waals surface area contributed by atoms with Gasteiger partial charge in [0, 0.05) is 19.3 Å². The van der Waals surface area contributed by atoms with Gasteiger partial charge in [0.05, 0.1) is 19.3 Å². The Balaban J connectivity index is 1.63. The van der Waals surface area contributed by atoms with Gasteiger partial charge in [0.2, 0.25) is 6.79 Å². The molecule has 1 amide bonds. The van der Waals surface area contributed by atoms with Gasteiger partial charge in [-0.05, 0) is 31.0 Å². The van der Waals surface area contributed by atoms with Crippen molar-refractivity contribution in [1.82, 2.24) is 5.32 Å². The molecule has 136 valence electrons. The maximum absolute atomic E-state index is 12.5. The molecule has 0 aliphatic carbocycles. The van der Waals surface area contributed by atoms with E-state index in [2.05, 4.69) is 10.3 Å². The lowest BCUT2D eigenvalue weighted by molar-refractivity contribution is 0.0948. The van der Waals surface area contributed by atoms with E-state index in [9.17, 15) is 4.79 Å². The van der Waals surface area contributed by atoms with Crippen LogP contribution in [0.5, 0.6) is 11.5 Å². The predicted octanol–water partition coefficient (Wildman–Crippen LogP) is 1.34. The molecule has 25 heavy (non-hydrogen) atoms. The zero-order valence-corrected chi connectivity index (χ0v) is 14.2. The van der Waals surface area contributed by atoms with Gasteiger partial charge in [-0.2, -0.15) is 0 Å². The van der Waals surface area contributed by atoms with Crippen LogP contribution in [-0.4, -0.2) is 58.3 Å². The van der Waals surface area contributed by atoms with E-state index in [1.807, 2.05) is 0 Å². The third kappa shape index (κ3) is 4.83. The van der Waals surface area contributed by atoms with Crippen LogP contribution in [0.3, 0.4) is 0 Å². The minimum absolute atomic E-state index is 0.0727. The molecule has 1 aromatic carbocycles. The third-order valence-corrected chi connectivity index (χ3v) is 3.84. The van der Waals surface area contributed by atoms with Crippen LogP contribution in [0.15, 0.2) is 23.2 Å². The van der Waals surface area contributed by atoms with Gasteiger partial charge in [0.1, 0.15) is 6.61 Å². The molecule has 0 bridgehead atoms. The molecule has 1 fully saturated rings. The summed E-state index contributed by atoms with van der Waals surface area (Å²) in [6, 6.07) is 5.15. The second-order valence-corrected chi connectivity index (χ2v) is 5.64. The lowest BCUT2D eigenvalue weighted by Gasteiger charge is -2.12. The molecule has 2 aliphatic rings. The average molecular weight is 350 g/mol. The van der Waals surface area contributed by atoms with Crippen molar-refractivity contribution < 1.29 is 28.5 Å². The second kappa shape index (κ2) is 8.68. The summed E-state index contributed by atoms with van der Waals surface area (Å²) in [5.41, 5.74) is 0.435. The third-order valence-electron chi connectivity index (χ3n) is 3.84. The van der Waals surface area contributed by atoms with Crippen LogP contribution in [-0.2, 0) is 14.2 Å². The number of rotatable bonds is 6. The van der Waals surface area contributed by atoms with Crippen molar-refractivity contribution in [1.29, 1.82) is 0 Å². The first kappa shape index (κ1) is 17.5. The molecule has 0 radical (unpaired) electrons. The molecule has 1 aromatic rings. The zero-order valence-electron chi connectivity index (χ0n) is 14.2. The van der Waals surface area contributed by atoms with Crippen LogP contribution in [0.25, 0.3) is 0 Å². The molecule has 0 aromatic heterocycles. The summed E-state index contributed by atoms with van der Waals surface area (Å²) in [6.07, 6.45) is 2.07. The highest BCUT2D eigenvalue weighted by Crippen LogP contribution is 2.32. The summed E-state index contributed by atoms with van der Waals surface area (Å²) in [5, 5.41) is 2.69. The van der Waals surface area contributed by atoms with E-state index in [-0.39, 0.29) is 24.8 Å². The number of nitrogens with zero attached hydrogens (tertiary/aromatic N) is 1. The largest absolute Gasteiger partial charge is 0.463 e. The van der Waals surface area contributed by atoms with Crippen LogP contribution in [0, 0.1) is 0 Å². The van der Waals surface area contributed by atoms with Crippen molar-refractivity contribution in [2.75, 3.05) is 40.3 Å². The maximum Gasteiger partial charge on any atom is 0.291 e. The first-order chi connectivity index (χ1) is 12.3. The Bertz CT molecular complexity index is 628. The van der Waals surface area contributed by atoms with E-state index < -0.39 is 0 Å². The van der Waals surface area contributed by atoms with Crippen molar-refractivity contribution >= 4 is 11.9 Å². The van der Waals surface area contributed by atoms with Crippen LogP contribution >= 0.6 is 0 Å². The summed E-state index contributed by atoms with van der Waals surface area (Å²) in [4.78, 5) is 16.8. The number of hydrogen-bond acceptors (Lipinski definition) is 7. The fraction of sp³-hybridized carbons (Fsp3) is 0.529. The Morgan fingerprint density at radius 1 is 1.32 bits per heavy atom. The van der Waals surface area contributed by atoms with Gasteiger partial charge in [-0.1, -0.05) is 0 Å². The summed E-state index contributed by atoms with van der Waals surface area (Å²) >= 11 is 0. The first-order valence-corrected chi connectivity index (χ1v) is 8.25. The summed E-state index contributed by atoms with van der Waals surface area (Å²) in [7, 11) is 1.58. The number of carbonyl (C=O) groups excluding carboxylic acids is 1. The van der Waals surface area contributed by atoms with Crippen LogP contribution in [0.2, 0.25) is 0 Å². The van der Waals surface area contributed by atoms with E-state index >= 15 is 0 Å². The lowest BCUT2D eigenvalue weighted by atomic mass is 10.2. The van der Waals surface area contributed by atoms with Gasteiger partial charge in [0.25, 0.3) is 11.9 Å². The Morgan fingerprint density at radius 2 is 2.20 bits per heavy atom. The molecule has 3 rings (SSSR count). The molecule has 0 unspecified atom stereocenters. The van der Waals surface area contributed by atoms with Crippen molar-refractivity contribution in [3.05, 3.63) is 23.8 Å². The van der Waals surface area contributed by atoms with E-state index in [0.717, 1.165) is 19.4 Å². The number of benzene rings is 1. The number of amidine groups is 1. The number of amides is 1. The molecule has 8 heteroatoms. The first-order valence-electron chi connectivity index (χ1n) is 8.25. The topological polar surface area (TPSA) is 87.6 Å². The van der Waals surface area contributed by atoms with E-state index in [1.165, 1.54) is 0 Å². The fourth-order valence-corrected chi connectivity index (χ4v) is 2.52. The van der Waals surface area contributed by atoms with Gasteiger partial charge in [-0.3, -0.25) is 10.1 Å². The predicted molar refractivity (Wildman–Crippen MR) is 89.1 cm³/mol. The average Bonchev–Trinajstić information content (AvgIpc) is 3.30. The normalized spacial score (nSPS) is 19.1. The standard InChI is InChI=1S/C17H22N2O6/c1-21-7-8-23-17(18-10-13-3-2-6-22-13)19-16(20)12-4-5-14-15(9-12)25-11-24-14/h4-5,9,13H,2-3,6-8,10-11H2,1H3,(H,18,19,20)/t13-/m0/s1. The Labute approximate surface area is 146 Å². The van der Waals surface area contributed by atoms with Gasteiger partial charge in [0.15, 0.2) is 11.5 Å². The number of fused-ring (bicyclic) bond motifs is 1. The molecule has 1 saturated heterocycles. The minimum atomic E-state index is -0.332. The highest BCUT2D eigenvalue weighted by atomic mass is 16.7. The van der Waals surface area contributed by atoms with Gasteiger partial charge in [-0.15, -0.1) is 0 Å². The van der Waals surface area contributed by atoms with E-state index in [0.29, 0.717) is 36.8 Å². The van der Waals surface area contributed by atoms with Crippen molar-refractivity contribution in [3.8, 4) is 11.5 Å². The Hall–Kier alpha value is -2.32. The highest BCUT2D eigenvalue weighted by molar-refractivity contribution is 6.04. The second-order valence-electron chi connectivity index (χ2n) is 5.64. The molecular weight excluding hydrogens is 328 g/mol. The molecule has 1 N–H and O–H groups in total. The van der Waals surface area contributed by atoms with Crippen LogP contribution in [0.4, 0.5) is 0 Å². The van der Waals surface area contributed by atoms with Gasteiger partial charge in [-0.25, -0.2) is 4.99 Å².